The number of rotatable bonds is 7. The van der Waals surface area contributed by atoms with E-state index < -0.39 is 0 Å². The molecule has 0 spiro atoms. The molecule has 1 atom stereocenters. The smallest absolute Gasteiger partial charge is 0.0615 e. The Morgan fingerprint density at radius 1 is 1.43 bits per heavy atom. The summed E-state index contributed by atoms with van der Waals surface area (Å²) in [5.41, 5.74) is 0.279. The van der Waals surface area contributed by atoms with Crippen LogP contribution in [0.1, 0.15) is 27.7 Å². The number of ether oxygens (including phenoxy) is 1. The first-order valence-electron chi connectivity index (χ1n) is 5.30. The van der Waals surface area contributed by atoms with Gasteiger partial charge in [-0.3, -0.25) is 4.90 Å². The second-order valence-corrected chi connectivity index (χ2v) is 5.01. The van der Waals surface area contributed by atoms with Gasteiger partial charge in [0.1, 0.15) is 0 Å². The Kier molecular flexibility index (Phi) is 6.83. The van der Waals surface area contributed by atoms with Gasteiger partial charge >= 0.3 is 0 Å². The van der Waals surface area contributed by atoms with Crippen molar-refractivity contribution in [2.75, 3.05) is 32.6 Å². The van der Waals surface area contributed by atoms with Crippen molar-refractivity contribution >= 4 is 12.6 Å². The van der Waals surface area contributed by atoms with Gasteiger partial charge in [0.25, 0.3) is 0 Å². The Hall–Kier alpha value is 0.270. The molecule has 0 aliphatic heterocycles. The fraction of sp³-hybridized carbons (Fsp3) is 1.00. The van der Waals surface area contributed by atoms with Gasteiger partial charge in [0.2, 0.25) is 0 Å². The van der Waals surface area contributed by atoms with Gasteiger partial charge in [-0.2, -0.15) is 12.6 Å². The number of hydrogen-bond acceptors (Lipinski definition) is 3. The Morgan fingerprint density at radius 3 is 2.36 bits per heavy atom. The lowest BCUT2D eigenvalue weighted by atomic mass is 9.95. The molecule has 1 unspecified atom stereocenters. The van der Waals surface area contributed by atoms with E-state index in [1.54, 1.807) is 7.11 Å². The van der Waals surface area contributed by atoms with Crippen LogP contribution in [0.15, 0.2) is 0 Å². The summed E-state index contributed by atoms with van der Waals surface area (Å²) < 4.78 is 5.17. The normalized spacial score (nSPS) is 14.8. The lowest BCUT2D eigenvalue weighted by Crippen LogP contribution is -2.42. The van der Waals surface area contributed by atoms with Crippen molar-refractivity contribution in [3.05, 3.63) is 0 Å². The third-order valence-corrected chi connectivity index (χ3v) is 3.35. The monoisotopic (exact) mass is 219 g/mol. The second-order valence-electron chi connectivity index (χ2n) is 4.69. The van der Waals surface area contributed by atoms with Crippen LogP contribution >= 0.6 is 12.6 Å². The van der Waals surface area contributed by atoms with Crippen molar-refractivity contribution in [3.8, 4) is 0 Å². The first kappa shape index (κ1) is 14.3. The molecule has 0 N–H and O–H groups in total. The highest BCUT2D eigenvalue weighted by molar-refractivity contribution is 7.80. The molecule has 0 rings (SSSR count). The zero-order valence-electron chi connectivity index (χ0n) is 10.2. The molecule has 0 aromatic heterocycles. The highest BCUT2D eigenvalue weighted by Gasteiger charge is 2.22. The van der Waals surface area contributed by atoms with E-state index in [9.17, 15) is 0 Å². The van der Waals surface area contributed by atoms with Gasteiger partial charge in [-0.25, -0.2) is 0 Å². The van der Waals surface area contributed by atoms with Crippen molar-refractivity contribution in [1.82, 2.24) is 4.90 Å². The molecule has 86 valence electrons. The molecule has 0 aromatic rings. The van der Waals surface area contributed by atoms with Gasteiger partial charge in [0, 0.05) is 19.7 Å². The first-order chi connectivity index (χ1) is 6.46. The minimum Gasteiger partial charge on any atom is -0.383 e. The number of likely N-dealkylation sites (N-methyl/N-ethyl adjacent to an activating group) is 1. The third-order valence-electron chi connectivity index (χ3n) is 2.50. The van der Waals surface area contributed by atoms with Gasteiger partial charge in [0.15, 0.2) is 0 Å². The van der Waals surface area contributed by atoms with E-state index in [0.717, 1.165) is 25.4 Å². The van der Waals surface area contributed by atoms with E-state index in [1.807, 2.05) is 0 Å². The molecule has 0 amide bonds. The molecule has 0 fully saturated rings. The van der Waals surface area contributed by atoms with Crippen LogP contribution in [-0.2, 0) is 4.74 Å². The van der Waals surface area contributed by atoms with Crippen LogP contribution in [0.25, 0.3) is 0 Å². The summed E-state index contributed by atoms with van der Waals surface area (Å²) in [5.74, 6) is 0.920. The Labute approximate surface area is 94.4 Å². The summed E-state index contributed by atoms with van der Waals surface area (Å²) in [4.78, 5) is 2.44. The summed E-state index contributed by atoms with van der Waals surface area (Å²) in [7, 11) is 1.76. The van der Waals surface area contributed by atoms with Crippen LogP contribution in [0.2, 0.25) is 0 Å². The number of nitrogens with zero attached hydrogens (tertiary/aromatic N) is 1. The van der Waals surface area contributed by atoms with E-state index in [4.69, 9.17) is 4.74 Å². The Balaban J connectivity index is 4.14. The van der Waals surface area contributed by atoms with Crippen molar-refractivity contribution < 1.29 is 4.74 Å². The number of thiol groups is 1. The molecule has 0 aliphatic carbocycles. The zero-order chi connectivity index (χ0) is 11.2. The van der Waals surface area contributed by atoms with Crippen molar-refractivity contribution in [3.63, 3.8) is 0 Å². The molecule has 14 heavy (non-hydrogen) atoms. The summed E-state index contributed by atoms with van der Waals surface area (Å²) in [6, 6.07) is 0.490. The van der Waals surface area contributed by atoms with E-state index >= 15 is 0 Å². The standard InChI is InChI=1S/C11H25NOS/c1-6-12(10(2)7-13-5)8-11(3,4)9-14/h10,14H,6-9H2,1-5H3. The third kappa shape index (κ3) is 5.23. The van der Waals surface area contributed by atoms with Crippen molar-refractivity contribution in [2.24, 2.45) is 5.41 Å². The van der Waals surface area contributed by atoms with Crippen LogP contribution in [0.4, 0.5) is 0 Å². The molecule has 3 heteroatoms. The Bertz CT molecular complexity index is 150. The molecule has 0 saturated heterocycles. The van der Waals surface area contributed by atoms with Gasteiger partial charge in [-0.1, -0.05) is 20.8 Å². The maximum Gasteiger partial charge on any atom is 0.0615 e. The van der Waals surface area contributed by atoms with Crippen LogP contribution < -0.4 is 0 Å². The summed E-state index contributed by atoms with van der Waals surface area (Å²) in [6.45, 7) is 11.9. The summed E-state index contributed by atoms with van der Waals surface area (Å²) >= 11 is 4.38. The highest BCUT2D eigenvalue weighted by Crippen LogP contribution is 2.19. The molecule has 2 nitrogen and oxygen atoms in total. The molecule has 0 heterocycles. The van der Waals surface area contributed by atoms with Crippen LogP contribution in [0, 0.1) is 5.41 Å². The lowest BCUT2D eigenvalue weighted by molar-refractivity contribution is 0.0810. The predicted molar refractivity (Wildman–Crippen MR) is 66.2 cm³/mol. The molecule has 0 aromatic carbocycles. The Morgan fingerprint density at radius 2 is 2.00 bits per heavy atom. The zero-order valence-corrected chi connectivity index (χ0v) is 11.1. The van der Waals surface area contributed by atoms with E-state index in [-0.39, 0.29) is 5.41 Å². The average Bonchev–Trinajstić information content (AvgIpc) is 2.14. The number of hydrogen-bond donors (Lipinski definition) is 1. The SMILES string of the molecule is CCN(CC(C)(C)CS)C(C)COC. The maximum absolute atomic E-state index is 5.17. The minimum atomic E-state index is 0.279. The first-order valence-corrected chi connectivity index (χ1v) is 5.94. The molecule has 0 bridgehead atoms. The number of methoxy groups -OCH3 is 1. The van der Waals surface area contributed by atoms with Crippen molar-refractivity contribution in [1.29, 1.82) is 0 Å². The molecule has 0 radical (unpaired) electrons. The highest BCUT2D eigenvalue weighted by atomic mass is 32.1. The summed E-state index contributed by atoms with van der Waals surface area (Å²) in [6.07, 6.45) is 0. The quantitative estimate of drug-likeness (QED) is 0.660. The van der Waals surface area contributed by atoms with Gasteiger partial charge in [-0.05, 0) is 24.6 Å². The summed E-state index contributed by atoms with van der Waals surface area (Å²) in [5, 5.41) is 0. The van der Waals surface area contributed by atoms with Crippen LogP contribution in [-0.4, -0.2) is 43.5 Å². The lowest BCUT2D eigenvalue weighted by Gasteiger charge is -2.34. The van der Waals surface area contributed by atoms with Gasteiger partial charge in [-0.15, -0.1) is 0 Å². The molecular formula is C11H25NOS. The minimum absolute atomic E-state index is 0.279. The second kappa shape index (κ2) is 6.70. The molecular weight excluding hydrogens is 194 g/mol. The average molecular weight is 219 g/mol. The molecule has 0 aliphatic rings. The largest absolute Gasteiger partial charge is 0.383 e. The van der Waals surface area contributed by atoms with Gasteiger partial charge < -0.3 is 4.74 Å². The van der Waals surface area contributed by atoms with Gasteiger partial charge in [0.05, 0.1) is 6.61 Å². The van der Waals surface area contributed by atoms with Crippen LogP contribution in [0.5, 0.6) is 0 Å². The van der Waals surface area contributed by atoms with Crippen molar-refractivity contribution in [2.45, 2.75) is 33.7 Å². The fourth-order valence-corrected chi connectivity index (χ4v) is 1.63. The predicted octanol–water partition coefficient (Wildman–Crippen LogP) is 2.30. The van der Waals surface area contributed by atoms with E-state index in [0.29, 0.717) is 6.04 Å². The maximum atomic E-state index is 5.17. The topological polar surface area (TPSA) is 12.5 Å². The fourth-order valence-electron chi connectivity index (χ4n) is 1.53. The van der Waals surface area contributed by atoms with Crippen LogP contribution in [0.3, 0.4) is 0 Å². The molecule has 0 saturated carbocycles. The van der Waals surface area contributed by atoms with E-state index in [1.165, 1.54) is 0 Å². The van der Waals surface area contributed by atoms with E-state index in [2.05, 4.69) is 45.2 Å².